The highest BCUT2D eigenvalue weighted by atomic mass is 79.9. The molecule has 6 heteroatoms. The van der Waals surface area contributed by atoms with E-state index < -0.39 is 4.92 Å². The molecule has 0 amide bonds. The van der Waals surface area contributed by atoms with Gasteiger partial charge in [0.1, 0.15) is 11.5 Å². The zero-order valence-corrected chi connectivity index (χ0v) is 11.6. The number of benzene rings is 1. The first-order valence-corrected chi connectivity index (χ1v) is 6.18. The topological polar surface area (TPSA) is 61.6 Å². The number of hydrogen-bond acceptors (Lipinski definition) is 4. The number of nitro groups is 1. The first-order valence-electron chi connectivity index (χ1n) is 5.39. The minimum Gasteiger partial charge on any atom is -0.495 e. The van der Waals surface area contributed by atoms with Crippen LogP contribution in [0.3, 0.4) is 0 Å². The molecule has 1 heterocycles. The van der Waals surface area contributed by atoms with Crippen LogP contribution in [0.1, 0.15) is 18.1 Å². The average Bonchev–Trinajstić information content (AvgIpc) is 2.76. The molecular weight excluding hydrogens is 302 g/mol. The molecule has 2 rings (SSSR count). The summed E-state index contributed by atoms with van der Waals surface area (Å²) in [6, 6.07) is 1.83. The van der Waals surface area contributed by atoms with Gasteiger partial charge in [-0.3, -0.25) is 10.1 Å². The molecule has 0 aliphatic carbocycles. The van der Waals surface area contributed by atoms with Crippen LogP contribution in [0, 0.1) is 10.1 Å². The van der Waals surface area contributed by atoms with Gasteiger partial charge in [-0.1, -0.05) is 0 Å². The predicted octanol–water partition coefficient (Wildman–Crippen LogP) is 3.03. The smallest absolute Gasteiger partial charge is 0.243 e. The molecule has 96 valence electrons. The molecule has 0 saturated heterocycles. The van der Waals surface area contributed by atoms with Gasteiger partial charge in [-0.15, -0.1) is 0 Å². The third-order valence-corrected chi connectivity index (χ3v) is 3.39. The zero-order valence-electron chi connectivity index (χ0n) is 10.0. The van der Waals surface area contributed by atoms with Gasteiger partial charge in [0.05, 0.1) is 23.1 Å². The van der Waals surface area contributed by atoms with Crippen molar-refractivity contribution in [1.82, 2.24) is 0 Å². The van der Waals surface area contributed by atoms with Gasteiger partial charge in [-0.2, -0.15) is 0 Å². The summed E-state index contributed by atoms with van der Waals surface area (Å²) in [5.74, 6) is 1.35. The molecule has 18 heavy (non-hydrogen) atoms. The van der Waals surface area contributed by atoms with Gasteiger partial charge in [0, 0.05) is 30.5 Å². The number of nitrogens with zero attached hydrogens (tertiary/aromatic N) is 1. The van der Waals surface area contributed by atoms with Gasteiger partial charge in [-0.25, -0.2) is 0 Å². The lowest BCUT2D eigenvalue weighted by Gasteiger charge is -2.11. The SMILES string of the molecule is COc1c(Br)cc2c(c1/C=C(/C)[N+](=O)[O-])CCO2. The zero-order chi connectivity index (χ0) is 13.3. The summed E-state index contributed by atoms with van der Waals surface area (Å²) in [4.78, 5) is 10.3. The maximum absolute atomic E-state index is 10.7. The summed E-state index contributed by atoms with van der Waals surface area (Å²) in [6.45, 7) is 2.05. The van der Waals surface area contributed by atoms with E-state index in [0.717, 1.165) is 22.2 Å². The lowest BCUT2D eigenvalue weighted by Crippen LogP contribution is -1.97. The van der Waals surface area contributed by atoms with Crippen LogP contribution in [0.25, 0.3) is 6.08 Å². The Hall–Kier alpha value is -1.56. The molecule has 1 aromatic carbocycles. The van der Waals surface area contributed by atoms with Crippen LogP contribution in [0.2, 0.25) is 0 Å². The molecule has 0 aromatic heterocycles. The number of methoxy groups -OCH3 is 1. The lowest BCUT2D eigenvalue weighted by atomic mass is 10.0. The Morgan fingerprint density at radius 3 is 3.00 bits per heavy atom. The maximum atomic E-state index is 10.7. The summed E-state index contributed by atoms with van der Waals surface area (Å²) in [6.07, 6.45) is 2.26. The molecule has 0 saturated carbocycles. The van der Waals surface area contributed by atoms with E-state index in [1.165, 1.54) is 13.0 Å². The fourth-order valence-corrected chi connectivity index (χ4v) is 2.52. The normalized spacial score (nSPS) is 14.1. The second-order valence-corrected chi connectivity index (χ2v) is 4.78. The molecule has 5 nitrogen and oxygen atoms in total. The second kappa shape index (κ2) is 4.97. The number of rotatable bonds is 3. The van der Waals surface area contributed by atoms with Gasteiger partial charge in [0.25, 0.3) is 0 Å². The number of ether oxygens (including phenoxy) is 2. The van der Waals surface area contributed by atoms with Gasteiger partial charge < -0.3 is 9.47 Å². The van der Waals surface area contributed by atoms with E-state index in [1.807, 2.05) is 6.07 Å². The highest BCUT2D eigenvalue weighted by molar-refractivity contribution is 9.10. The van der Waals surface area contributed by atoms with Crippen LogP contribution in [-0.4, -0.2) is 18.6 Å². The Labute approximate surface area is 113 Å². The van der Waals surface area contributed by atoms with Crippen molar-refractivity contribution in [2.24, 2.45) is 0 Å². The van der Waals surface area contributed by atoms with Crippen LogP contribution in [0.5, 0.6) is 11.5 Å². The van der Waals surface area contributed by atoms with E-state index in [1.54, 1.807) is 7.11 Å². The minimum absolute atomic E-state index is 0.0699. The van der Waals surface area contributed by atoms with Crippen LogP contribution in [0.15, 0.2) is 16.2 Å². The molecule has 0 unspecified atom stereocenters. The van der Waals surface area contributed by atoms with Crippen LogP contribution >= 0.6 is 15.9 Å². The van der Waals surface area contributed by atoms with Crippen molar-refractivity contribution in [1.29, 1.82) is 0 Å². The Bertz CT molecular complexity index is 536. The van der Waals surface area contributed by atoms with Crippen molar-refractivity contribution in [3.63, 3.8) is 0 Å². The number of fused-ring (bicyclic) bond motifs is 1. The molecule has 0 N–H and O–H groups in total. The van der Waals surface area contributed by atoms with Crippen LogP contribution in [-0.2, 0) is 6.42 Å². The molecule has 0 atom stereocenters. The van der Waals surface area contributed by atoms with Gasteiger partial charge in [-0.05, 0) is 22.0 Å². The Morgan fingerprint density at radius 1 is 1.67 bits per heavy atom. The molecule has 0 bridgehead atoms. The van der Waals surface area contributed by atoms with Gasteiger partial charge in [0.2, 0.25) is 5.70 Å². The molecule has 1 aliphatic rings. The summed E-state index contributed by atoms with van der Waals surface area (Å²) < 4.78 is 11.5. The fourth-order valence-electron chi connectivity index (χ4n) is 1.94. The van der Waals surface area contributed by atoms with E-state index in [-0.39, 0.29) is 5.70 Å². The highest BCUT2D eigenvalue weighted by Gasteiger charge is 2.22. The van der Waals surface area contributed by atoms with Gasteiger partial charge in [0.15, 0.2) is 0 Å². The largest absolute Gasteiger partial charge is 0.495 e. The molecule has 0 radical (unpaired) electrons. The quantitative estimate of drug-likeness (QED) is 0.635. The molecule has 0 spiro atoms. The highest BCUT2D eigenvalue weighted by Crippen LogP contribution is 2.41. The van der Waals surface area contributed by atoms with Crippen LogP contribution in [0.4, 0.5) is 0 Å². The monoisotopic (exact) mass is 313 g/mol. The second-order valence-electron chi connectivity index (χ2n) is 3.92. The molecular formula is C12H12BrNO4. The fraction of sp³-hybridized carbons (Fsp3) is 0.333. The Balaban J connectivity index is 2.64. The van der Waals surface area contributed by atoms with Gasteiger partial charge >= 0.3 is 0 Å². The average molecular weight is 314 g/mol. The Kier molecular flexibility index (Phi) is 3.56. The van der Waals surface area contributed by atoms with Crippen molar-refractivity contribution >= 4 is 22.0 Å². The summed E-state index contributed by atoms with van der Waals surface area (Å²) in [5, 5.41) is 10.7. The third-order valence-electron chi connectivity index (χ3n) is 2.80. The van der Waals surface area contributed by atoms with Crippen molar-refractivity contribution in [2.75, 3.05) is 13.7 Å². The maximum Gasteiger partial charge on any atom is 0.243 e. The summed E-state index contributed by atoms with van der Waals surface area (Å²) >= 11 is 3.38. The number of allylic oxidation sites excluding steroid dienone is 1. The predicted molar refractivity (Wildman–Crippen MR) is 70.5 cm³/mol. The van der Waals surface area contributed by atoms with E-state index in [9.17, 15) is 10.1 Å². The molecule has 1 aliphatic heterocycles. The Morgan fingerprint density at radius 2 is 2.39 bits per heavy atom. The van der Waals surface area contributed by atoms with E-state index in [0.29, 0.717) is 17.9 Å². The van der Waals surface area contributed by atoms with Crippen molar-refractivity contribution < 1.29 is 14.4 Å². The van der Waals surface area contributed by atoms with E-state index in [4.69, 9.17) is 9.47 Å². The first-order chi connectivity index (χ1) is 8.54. The minimum atomic E-state index is -0.414. The first kappa shape index (κ1) is 12.9. The van der Waals surface area contributed by atoms with E-state index >= 15 is 0 Å². The standard InChI is InChI=1S/C12H12BrNO4/c1-7(14(15)16)5-9-8-3-4-18-11(8)6-10(13)12(9)17-2/h5-6H,3-4H2,1-2H3/b7-5-. The lowest BCUT2D eigenvalue weighted by molar-refractivity contribution is -0.422. The summed E-state index contributed by atoms with van der Waals surface area (Å²) in [7, 11) is 1.54. The molecule has 0 fully saturated rings. The molecule has 1 aromatic rings. The van der Waals surface area contributed by atoms with Crippen molar-refractivity contribution in [3.05, 3.63) is 37.5 Å². The van der Waals surface area contributed by atoms with Crippen molar-refractivity contribution in [2.45, 2.75) is 13.3 Å². The third kappa shape index (κ3) is 2.20. The van der Waals surface area contributed by atoms with E-state index in [2.05, 4.69) is 15.9 Å². The van der Waals surface area contributed by atoms with Crippen LogP contribution < -0.4 is 9.47 Å². The van der Waals surface area contributed by atoms with Crippen molar-refractivity contribution in [3.8, 4) is 11.5 Å². The summed E-state index contributed by atoms with van der Waals surface area (Å²) in [5.41, 5.74) is 1.74. The number of hydrogen-bond donors (Lipinski definition) is 0. The number of halogens is 1.